The first kappa shape index (κ1) is 21.4. The predicted molar refractivity (Wildman–Crippen MR) is 143 cm³/mol. The van der Waals surface area contributed by atoms with Crippen molar-refractivity contribution in [1.29, 1.82) is 0 Å². The van der Waals surface area contributed by atoms with Gasteiger partial charge < -0.3 is 9.32 Å². The molecule has 3 aromatic carbocycles. The van der Waals surface area contributed by atoms with Crippen LogP contribution >= 0.6 is 22.9 Å². The van der Waals surface area contributed by atoms with Gasteiger partial charge in [0, 0.05) is 11.1 Å². The second-order valence-corrected chi connectivity index (χ2v) is 10.3. The summed E-state index contributed by atoms with van der Waals surface area (Å²) < 4.78 is 7.71. The van der Waals surface area contributed by atoms with E-state index >= 15 is 0 Å². The molecule has 0 saturated carbocycles. The molecule has 2 atom stereocenters. The molecule has 1 saturated heterocycles. The van der Waals surface area contributed by atoms with Crippen LogP contribution in [0.25, 0.3) is 38.2 Å². The third-order valence-corrected chi connectivity index (χ3v) is 8.29. The third-order valence-electron chi connectivity index (χ3n) is 6.76. The fraction of sp³-hybridized carbons (Fsp3) is 0.107. The van der Waals surface area contributed by atoms with E-state index in [1.165, 1.54) is 11.3 Å². The summed E-state index contributed by atoms with van der Waals surface area (Å²) in [5.41, 5.74) is 4.60. The summed E-state index contributed by atoms with van der Waals surface area (Å²) >= 11 is 8.13. The summed E-state index contributed by atoms with van der Waals surface area (Å²) in [5.74, 6) is -0.164. The van der Waals surface area contributed by atoms with E-state index in [1.807, 2.05) is 84.1 Å². The highest BCUT2D eigenvalue weighted by Crippen LogP contribution is 2.49. The van der Waals surface area contributed by atoms with Crippen LogP contribution in [0.2, 0.25) is 0 Å². The molecule has 0 aliphatic carbocycles. The number of aromatic nitrogens is 2. The number of amides is 1. The Bertz CT molecular complexity index is 1900. The Balaban J connectivity index is 1.55. The zero-order valence-corrected chi connectivity index (χ0v) is 20.6. The number of fused-ring (bicyclic) bond motifs is 4. The van der Waals surface area contributed by atoms with Gasteiger partial charge in [0.1, 0.15) is 11.0 Å². The molecule has 1 amide bonds. The van der Waals surface area contributed by atoms with Gasteiger partial charge in [-0.2, -0.15) is 0 Å². The number of β-lactam (4-membered cyclic amide) rings is 1. The number of carbonyl (C=O) groups excluding carboxylic acids is 1. The molecule has 1 aliphatic heterocycles. The monoisotopic (exact) mass is 511 g/mol. The number of alkyl halides is 1. The molecule has 4 heterocycles. The number of thiazole rings is 1. The minimum Gasteiger partial charge on any atom is -0.422 e. The predicted octanol–water partition coefficient (Wildman–Crippen LogP) is 6.33. The molecule has 0 spiro atoms. The summed E-state index contributed by atoms with van der Waals surface area (Å²) in [6, 6.07) is 24.3. The number of imidazole rings is 1. The standard InChI is InChI=1S/C28H18ClN3O3S/c1-15-8-2-5-11-19(15)31-24(22(29)26(31)33)25-23(17-14-16-9-3-7-13-21(16)35-27(17)34)32-20-12-6-4-10-18(20)30-28(32)36-25/h2-14,22,24H,1H3. The second-order valence-electron chi connectivity index (χ2n) is 8.86. The average molecular weight is 512 g/mol. The van der Waals surface area contributed by atoms with Crippen LogP contribution in [0.3, 0.4) is 0 Å². The van der Waals surface area contributed by atoms with Crippen molar-refractivity contribution in [3.63, 3.8) is 0 Å². The van der Waals surface area contributed by atoms with Crippen LogP contribution in [0.15, 0.2) is 88.1 Å². The number of nitrogens with zero attached hydrogens (tertiary/aromatic N) is 3. The minimum absolute atomic E-state index is 0.164. The van der Waals surface area contributed by atoms with Gasteiger partial charge in [0.15, 0.2) is 4.96 Å². The maximum absolute atomic E-state index is 13.4. The van der Waals surface area contributed by atoms with Crippen LogP contribution in [-0.4, -0.2) is 20.7 Å². The lowest BCUT2D eigenvalue weighted by Gasteiger charge is -2.44. The highest BCUT2D eigenvalue weighted by Gasteiger charge is 2.50. The van der Waals surface area contributed by atoms with Crippen LogP contribution in [0.1, 0.15) is 16.5 Å². The van der Waals surface area contributed by atoms with Gasteiger partial charge in [-0.3, -0.25) is 9.20 Å². The van der Waals surface area contributed by atoms with Crippen molar-refractivity contribution in [2.24, 2.45) is 0 Å². The summed E-state index contributed by atoms with van der Waals surface area (Å²) in [6.45, 7) is 1.97. The van der Waals surface area contributed by atoms with E-state index in [0.29, 0.717) is 16.8 Å². The van der Waals surface area contributed by atoms with Crippen molar-refractivity contribution in [3.05, 3.63) is 99.7 Å². The third kappa shape index (κ3) is 2.93. The number of anilines is 1. The van der Waals surface area contributed by atoms with Gasteiger partial charge >= 0.3 is 5.63 Å². The Morgan fingerprint density at radius 3 is 2.58 bits per heavy atom. The molecule has 8 heteroatoms. The minimum atomic E-state index is -0.759. The van der Waals surface area contributed by atoms with E-state index in [2.05, 4.69) is 0 Å². The van der Waals surface area contributed by atoms with Crippen molar-refractivity contribution >= 4 is 61.5 Å². The van der Waals surface area contributed by atoms with E-state index < -0.39 is 17.0 Å². The zero-order chi connectivity index (χ0) is 24.6. The van der Waals surface area contributed by atoms with Gasteiger partial charge in [-0.05, 0) is 42.8 Å². The molecule has 6 aromatic rings. The van der Waals surface area contributed by atoms with E-state index in [1.54, 1.807) is 11.0 Å². The van der Waals surface area contributed by atoms with Crippen molar-refractivity contribution in [2.75, 3.05) is 4.90 Å². The lowest BCUT2D eigenvalue weighted by Crippen LogP contribution is -2.56. The Kier molecular flexibility index (Phi) is 4.61. The zero-order valence-electron chi connectivity index (χ0n) is 19.0. The molecular weight excluding hydrogens is 494 g/mol. The van der Waals surface area contributed by atoms with Crippen LogP contribution in [0.5, 0.6) is 0 Å². The first-order valence-electron chi connectivity index (χ1n) is 11.5. The maximum Gasteiger partial charge on any atom is 0.345 e. The smallest absolute Gasteiger partial charge is 0.345 e. The average Bonchev–Trinajstić information content (AvgIpc) is 3.42. The molecular formula is C28H18ClN3O3S. The van der Waals surface area contributed by atoms with Crippen molar-refractivity contribution < 1.29 is 9.21 Å². The van der Waals surface area contributed by atoms with E-state index in [-0.39, 0.29) is 5.91 Å². The van der Waals surface area contributed by atoms with Crippen molar-refractivity contribution in [1.82, 2.24) is 9.38 Å². The van der Waals surface area contributed by atoms with Gasteiger partial charge in [0.05, 0.1) is 33.2 Å². The normalized spacial score (nSPS) is 17.8. The Labute approximate surface area is 214 Å². The van der Waals surface area contributed by atoms with Crippen LogP contribution in [0.4, 0.5) is 5.69 Å². The Hall–Kier alpha value is -3.94. The molecule has 36 heavy (non-hydrogen) atoms. The molecule has 6 nitrogen and oxygen atoms in total. The molecule has 0 bridgehead atoms. The molecule has 3 aromatic heterocycles. The van der Waals surface area contributed by atoms with Crippen LogP contribution < -0.4 is 10.5 Å². The van der Waals surface area contributed by atoms with E-state index in [0.717, 1.165) is 37.5 Å². The largest absolute Gasteiger partial charge is 0.422 e. The van der Waals surface area contributed by atoms with Crippen LogP contribution in [0, 0.1) is 6.92 Å². The van der Waals surface area contributed by atoms with Crippen LogP contribution in [-0.2, 0) is 4.79 Å². The maximum atomic E-state index is 13.4. The molecule has 7 rings (SSSR count). The lowest BCUT2D eigenvalue weighted by atomic mass is 9.94. The summed E-state index contributed by atoms with van der Waals surface area (Å²) in [6.07, 6.45) is 0. The van der Waals surface area contributed by atoms with Crippen molar-refractivity contribution in [2.45, 2.75) is 18.3 Å². The quantitative estimate of drug-likeness (QED) is 0.158. The SMILES string of the molecule is Cc1ccccc1N1C(=O)C(Cl)C1c1sc2nc3ccccc3n2c1-c1cc2ccccc2oc1=O. The first-order chi connectivity index (χ1) is 17.5. The first-order valence-corrected chi connectivity index (χ1v) is 12.7. The fourth-order valence-electron chi connectivity index (χ4n) is 5.03. The molecule has 0 radical (unpaired) electrons. The Morgan fingerprint density at radius 2 is 1.72 bits per heavy atom. The fourth-order valence-corrected chi connectivity index (χ4v) is 6.73. The summed E-state index contributed by atoms with van der Waals surface area (Å²) in [5, 5.41) is 0.0511. The number of aryl methyl sites for hydroxylation is 1. The van der Waals surface area contributed by atoms with Gasteiger partial charge in [-0.1, -0.05) is 59.9 Å². The molecule has 1 fully saturated rings. The van der Waals surface area contributed by atoms with E-state index in [9.17, 15) is 9.59 Å². The highest BCUT2D eigenvalue weighted by molar-refractivity contribution is 7.17. The Morgan fingerprint density at radius 1 is 0.972 bits per heavy atom. The number of hydrogen-bond donors (Lipinski definition) is 0. The lowest BCUT2D eigenvalue weighted by molar-refractivity contribution is -0.123. The number of halogens is 1. The number of carbonyl (C=O) groups is 1. The number of benzene rings is 3. The van der Waals surface area contributed by atoms with Gasteiger partial charge in [0.25, 0.3) is 0 Å². The highest BCUT2D eigenvalue weighted by atomic mass is 35.5. The number of para-hydroxylation sites is 4. The van der Waals surface area contributed by atoms with Crippen molar-refractivity contribution in [3.8, 4) is 11.3 Å². The molecule has 0 N–H and O–H groups in total. The topological polar surface area (TPSA) is 67.8 Å². The van der Waals surface area contributed by atoms with Gasteiger partial charge in [-0.15, -0.1) is 11.6 Å². The van der Waals surface area contributed by atoms with E-state index in [4.69, 9.17) is 21.0 Å². The summed E-state index contributed by atoms with van der Waals surface area (Å²) in [4.78, 5) is 34.5. The molecule has 1 aliphatic rings. The number of rotatable bonds is 3. The summed E-state index contributed by atoms with van der Waals surface area (Å²) in [7, 11) is 0. The second kappa shape index (κ2) is 7.78. The number of hydrogen-bond acceptors (Lipinski definition) is 5. The molecule has 2 unspecified atom stereocenters. The molecule has 176 valence electrons. The van der Waals surface area contributed by atoms with Gasteiger partial charge in [0.2, 0.25) is 5.91 Å². The van der Waals surface area contributed by atoms with Gasteiger partial charge in [-0.25, -0.2) is 9.78 Å².